The second-order valence-electron chi connectivity index (χ2n) is 8.25. The standard InChI is InChI=1S/C15HClF28O2/c16-15(43,44)14(41,42)13(39,40)12(37,38)11(35,36)10(33,34)9(31,32)8(29,30)7(27,28)6(25,26)5(23,24)4(21,22)3(19,20)2(17,18)1(45)46/h(H,45,46)/p-1. The van der Waals surface area contributed by atoms with Crippen LogP contribution in [0.5, 0.6) is 0 Å². The molecule has 0 saturated heterocycles. The Morgan fingerprint density at radius 2 is 0.435 bits per heavy atom. The molecule has 0 saturated carbocycles. The zero-order valence-electron chi connectivity index (χ0n) is 19.3. The minimum absolute atomic E-state index is 3.16. The highest BCUT2D eigenvalue weighted by molar-refractivity contribution is 6.22. The van der Waals surface area contributed by atoms with Gasteiger partial charge in [0.1, 0.15) is 5.97 Å². The van der Waals surface area contributed by atoms with Crippen molar-refractivity contribution in [3.05, 3.63) is 0 Å². The third-order valence-corrected chi connectivity index (χ3v) is 5.58. The molecule has 0 fully saturated rings. The van der Waals surface area contributed by atoms with Crippen molar-refractivity contribution in [1.29, 1.82) is 0 Å². The zero-order valence-corrected chi connectivity index (χ0v) is 20.0. The summed E-state index contributed by atoms with van der Waals surface area (Å²) in [6, 6.07) is 0. The molecule has 0 amide bonds. The smallest absolute Gasteiger partial charge is 0.393 e. The largest absolute Gasteiger partial charge is 0.544 e. The molecular weight excluding hydrogens is 780 g/mol. The van der Waals surface area contributed by atoms with Gasteiger partial charge in [-0.05, 0) is 11.6 Å². The Balaban J connectivity index is 7.59. The van der Waals surface area contributed by atoms with Gasteiger partial charge in [-0.15, -0.1) is 0 Å². The van der Waals surface area contributed by atoms with E-state index in [9.17, 15) is 133 Å². The number of alkyl halides is 29. The summed E-state index contributed by atoms with van der Waals surface area (Å²) >= 11 is 3.16. The lowest BCUT2D eigenvalue weighted by atomic mass is 9.83. The molecule has 0 spiro atoms. The van der Waals surface area contributed by atoms with Gasteiger partial charge in [-0.2, -0.15) is 123 Å². The number of halogens is 29. The van der Waals surface area contributed by atoms with Gasteiger partial charge in [0.15, 0.2) is 0 Å². The first-order chi connectivity index (χ1) is 19.2. The van der Waals surface area contributed by atoms with Gasteiger partial charge in [0, 0.05) is 0 Å². The van der Waals surface area contributed by atoms with E-state index in [1.807, 2.05) is 0 Å². The van der Waals surface area contributed by atoms with Crippen LogP contribution in [0.3, 0.4) is 0 Å². The van der Waals surface area contributed by atoms with E-state index in [0.717, 1.165) is 0 Å². The van der Waals surface area contributed by atoms with Crippen LogP contribution in [0, 0.1) is 0 Å². The maximum atomic E-state index is 13.7. The van der Waals surface area contributed by atoms with Crippen molar-refractivity contribution in [1.82, 2.24) is 0 Å². The monoisotopic (exact) mass is 779 g/mol. The molecule has 0 aliphatic rings. The van der Waals surface area contributed by atoms with Crippen molar-refractivity contribution in [3.63, 3.8) is 0 Å². The molecule has 0 bridgehead atoms. The lowest BCUT2D eigenvalue weighted by molar-refractivity contribution is -0.484. The molecule has 31 heteroatoms. The van der Waals surface area contributed by atoms with E-state index >= 15 is 0 Å². The number of hydrogen-bond acceptors (Lipinski definition) is 2. The fourth-order valence-corrected chi connectivity index (χ4v) is 2.59. The highest BCUT2D eigenvalue weighted by Crippen LogP contribution is 2.69. The number of carbonyl (C=O) groups excluding carboxylic acids is 1. The topological polar surface area (TPSA) is 40.1 Å². The molecule has 0 N–H and O–H groups in total. The van der Waals surface area contributed by atoms with Crippen LogP contribution in [0.1, 0.15) is 0 Å². The number of carboxylic acid groups (broad SMARTS) is 1. The SMILES string of the molecule is O=C([O-])C(F)(F)C(F)(F)C(F)(F)C(F)(F)C(F)(F)C(F)(F)C(F)(F)C(F)(F)C(F)(F)C(F)(F)C(F)(F)C(F)(F)C(F)(F)C(F)(F)Cl. The maximum Gasteiger partial charge on any atom is 0.393 e. The van der Waals surface area contributed by atoms with Crippen LogP contribution in [0.2, 0.25) is 0 Å². The predicted octanol–water partition coefficient (Wildman–Crippen LogP) is 7.83. The van der Waals surface area contributed by atoms with E-state index in [-0.39, 0.29) is 0 Å². The van der Waals surface area contributed by atoms with E-state index in [2.05, 4.69) is 11.6 Å². The van der Waals surface area contributed by atoms with E-state index in [4.69, 9.17) is 0 Å². The molecule has 0 aromatic heterocycles. The molecule has 0 aliphatic carbocycles. The van der Waals surface area contributed by atoms with Crippen molar-refractivity contribution >= 4 is 17.6 Å². The maximum absolute atomic E-state index is 13.7. The first-order valence-corrected chi connectivity index (χ1v) is 9.77. The molecule has 2 nitrogen and oxygen atoms in total. The van der Waals surface area contributed by atoms with Gasteiger partial charge in [0.2, 0.25) is 0 Å². The van der Waals surface area contributed by atoms with Crippen LogP contribution in [-0.2, 0) is 4.79 Å². The first-order valence-electron chi connectivity index (χ1n) is 9.39. The summed E-state index contributed by atoms with van der Waals surface area (Å²) in [6.45, 7) is 0. The van der Waals surface area contributed by atoms with Gasteiger partial charge >= 0.3 is 82.4 Å². The Morgan fingerprint density at radius 1 is 0.304 bits per heavy atom. The number of aliphatic carboxylic acids is 1. The first kappa shape index (κ1) is 43.8. The molecule has 0 radical (unpaired) electrons. The molecular formula is C15ClF28O2-. The van der Waals surface area contributed by atoms with Crippen LogP contribution in [0.25, 0.3) is 0 Å². The van der Waals surface area contributed by atoms with Crippen LogP contribution >= 0.6 is 11.6 Å². The fourth-order valence-electron chi connectivity index (χ4n) is 2.48. The Hall–Kier alpha value is -2.20. The van der Waals surface area contributed by atoms with E-state index in [0.29, 0.717) is 0 Å². The average Bonchev–Trinajstić information content (AvgIpc) is 2.81. The van der Waals surface area contributed by atoms with Crippen LogP contribution in [0.15, 0.2) is 0 Å². The Kier molecular flexibility index (Phi) is 9.90. The minimum atomic E-state index is -9.97. The summed E-state index contributed by atoms with van der Waals surface area (Å²) in [5.74, 6) is -127. The second-order valence-corrected chi connectivity index (χ2v) is 8.73. The lowest BCUT2D eigenvalue weighted by Gasteiger charge is -2.46. The van der Waals surface area contributed by atoms with Gasteiger partial charge in [0.05, 0.1) is 0 Å². The molecule has 0 atom stereocenters. The normalized spacial score (nSPS) is 17.0. The summed E-state index contributed by atoms with van der Waals surface area (Å²) in [5.41, 5.74) is 0. The number of rotatable bonds is 14. The Bertz CT molecular complexity index is 1160. The van der Waals surface area contributed by atoms with Crippen LogP contribution < -0.4 is 5.11 Å². The van der Waals surface area contributed by atoms with Crippen molar-refractivity contribution in [2.24, 2.45) is 0 Å². The molecule has 276 valence electrons. The second kappa shape index (κ2) is 10.4. The van der Waals surface area contributed by atoms with E-state index in [1.165, 1.54) is 0 Å². The Morgan fingerprint density at radius 3 is 0.565 bits per heavy atom. The molecule has 0 aromatic rings. The summed E-state index contributed by atoms with van der Waals surface area (Å²) in [7, 11) is 0. The zero-order chi connectivity index (χ0) is 38.6. The summed E-state index contributed by atoms with van der Waals surface area (Å²) < 4.78 is 373. The summed E-state index contributed by atoms with van der Waals surface area (Å²) in [4.78, 5) is 9.81. The highest BCUT2D eigenvalue weighted by atomic mass is 35.5. The Labute approximate surface area is 234 Å². The average molecular weight is 780 g/mol. The van der Waals surface area contributed by atoms with Gasteiger partial charge in [0.25, 0.3) is 0 Å². The van der Waals surface area contributed by atoms with Crippen LogP contribution in [-0.4, -0.2) is 88.3 Å². The molecule has 0 unspecified atom stereocenters. The number of carbonyl (C=O) groups is 1. The summed E-state index contributed by atoms with van der Waals surface area (Å²) in [5, 5.41) is 2.46. The van der Waals surface area contributed by atoms with Crippen molar-refractivity contribution < 1.29 is 133 Å². The van der Waals surface area contributed by atoms with Crippen molar-refractivity contribution in [2.75, 3.05) is 0 Å². The third-order valence-electron chi connectivity index (χ3n) is 5.34. The van der Waals surface area contributed by atoms with Crippen molar-refractivity contribution in [2.45, 2.75) is 82.4 Å². The summed E-state index contributed by atoms with van der Waals surface area (Å²) in [6.07, 6.45) is 0. The van der Waals surface area contributed by atoms with Gasteiger partial charge in [-0.25, -0.2) is 0 Å². The van der Waals surface area contributed by atoms with E-state index < -0.39 is 88.3 Å². The quantitative estimate of drug-likeness (QED) is 0.133. The third kappa shape index (κ3) is 4.77. The van der Waals surface area contributed by atoms with Gasteiger partial charge < -0.3 is 9.90 Å². The van der Waals surface area contributed by atoms with E-state index in [1.54, 1.807) is 0 Å². The lowest BCUT2D eigenvalue weighted by Crippen LogP contribution is -2.79. The van der Waals surface area contributed by atoms with Crippen molar-refractivity contribution in [3.8, 4) is 0 Å². The molecule has 0 heterocycles. The molecule has 0 rings (SSSR count). The number of carboxylic acids is 1. The number of hydrogen-bond donors (Lipinski definition) is 0. The van der Waals surface area contributed by atoms with Gasteiger partial charge in [-0.3, -0.25) is 0 Å². The fraction of sp³-hybridized carbons (Fsp3) is 0.933. The highest BCUT2D eigenvalue weighted by Gasteiger charge is 3.00. The molecule has 0 aromatic carbocycles. The minimum Gasteiger partial charge on any atom is -0.544 e. The van der Waals surface area contributed by atoms with Crippen LogP contribution in [0.4, 0.5) is 123 Å². The molecule has 46 heavy (non-hydrogen) atoms. The molecule has 0 aliphatic heterocycles. The van der Waals surface area contributed by atoms with Gasteiger partial charge in [-0.1, -0.05) is 0 Å². The predicted molar refractivity (Wildman–Crippen MR) is 80.1 cm³/mol.